The topological polar surface area (TPSA) is 122 Å². The van der Waals surface area contributed by atoms with Crippen molar-refractivity contribution in [2.45, 2.75) is 37.8 Å². The minimum atomic E-state index is -1.18. The second-order valence-electron chi connectivity index (χ2n) is 4.79. The Morgan fingerprint density at radius 3 is 2.75 bits per heavy atom. The second-order valence-corrected chi connectivity index (χ2v) is 4.79. The second kappa shape index (κ2) is 7.68. The standard InChI is InChI=1S/C12H21N3O5/c1-20-8-3-2-6-15(7-8)12(19)14-9(11(17)18)4-5-10(13)16/h8-9H,2-7H2,1H3,(H2,13,16)(H,14,19)(H,17,18)/t8?,9-/m0/s1. The molecule has 8 nitrogen and oxygen atoms in total. The fourth-order valence-corrected chi connectivity index (χ4v) is 2.10. The normalized spacial score (nSPS) is 20.2. The molecule has 1 unspecified atom stereocenters. The highest BCUT2D eigenvalue weighted by atomic mass is 16.5. The SMILES string of the molecule is COC1CCCN(C(=O)N[C@@H](CCC(N)=O)C(=O)O)C1. The van der Waals surface area contributed by atoms with Crippen LogP contribution in [0.5, 0.6) is 0 Å². The smallest absolute Gasteiger partial charge is 0.326 e. The maximum atomic E-state index is 12.0. The summed E-state index contributed by atoms with van der Waals surface area (Å²) < 4.78 is 5.20. The van der Waals surface area contributed by atoms with Crippen molar-refractivity contribution >= 4 is 17.9 Å². The molecule has 0 aromatic heterocycles. The van der Waals surface area contributed by atoms with Crippen LogP contribution in [0, 0.1) is 0 Å². The fourth-order valence-electron chi connectivity index (χ4n) is 2.10. The number of hydrogen-bond donors (Lipinski definition) is 3. The highest BCUT2D eigenvalue weighted by Gasteiger charge is 2.27. The first-order valence-electron chi connectivity index (χ1n) is 6.53. The molecule has 0 saturated carbocycles. The van der Waals surface area contributed by atoms with Crippen molar-refractivity contribution in [3.05, 3.63) is 0 Å². The van der Waals surface area contributed by atoms with Crippen LogP contribution in [0.25, 0.3) is 0 Å². The molecule has 1 aliphatic heterocycles. The molecule has 3 amide bonds. The van der Waals surface area contributed by atoms with Gasteiger partial charge in [0.15, 0.2) is 0 Å². The molecule has 0 radical (unpaired) electrons. The lowest BCUT2D eigenvalue weighted by Crippen LogP contribution is -2.52. The molecule has 4 N–H and O–H groups in total. The number of hydrogen-bond acceptors (Lipinski definition) is 4. The molecule has 1 fully saturated rings. The van der Waals surface area contributed by atoms with E-state index < -0.39 is 23.9 Å². The summed E-state index contributed by atoms with van der Waals surface area (Å²) in [4.78, 5) is 35.3. The highest BCUT2D eigenvalue weighted by Crippen LogP contribution is 2.12. The molecule has 20 heavy (non-hydrogen) atoms. The number of nitrogens with two attached hydrogens (primary N) is 1. The third-order valence-electron chi connectivity index (χ3n) is 3.27. The summed E-state index contributed by atoms with van der Waals surface area (Å²) in [6.45, 7) is 0.998. The van der Waals surface area contributed by atoms with Gasteiger partial charge in [0.05, 0.1) is 6.10 Å². The molecule has 0 bridgehead atoms. The van der Waals surface area contributed by atoms with Gasteiger partial charge in [-0.25, -0.2) is 9.59 Å². The molecule has 1 rings (SSSR count). The predicted octanol–water partition coefficient (Wildman–Crippen LogP) is -0.474. The summed E-state index contributed by atoms with van der Waals surface area (Å²) >= 11 is 0. The van der Waals surface area contributed by atoms with Crippen LogP contribution >= 0.6 is 0 Å². The van der Waals surface area contributed by atoms with Crippen LogP contribution in [0.2, 0.25) is 0 Å². The lowest BCUT2D eigenvalue weighted by atomic mass is 10.1. The summed E-state index contributed by atoms with van der Waals surface area (Å²) in [5.41, 5.74) is 4.98. The van der Waals surface area contributed by atoms with Gasteiger partial charge in [0, 0.05) is 26.6 Å². The van der Waals surface area contributed by atoms with E-state index in [1.165, 1.54) is 4.90 Å². The van der Waals surface area contributed by atoms with Gasteiger partial charge in [-0.05, 0) is 19.3 Å². The Hall–Kier alpha value is -1.83. The Morgan fingerprint density at radius 2 is 2.20 bits per heavy atom. The number of aliphatic carboxylic acids is 1. The van der Waals surface area contributed by atoms with E-state index in [2.05, 4.69) is 5.32 Å². The third-order valence-corrected chi connectivity index (χ3v) is 3.27. The van der Waals surface area contributed by atoms with Crippen LogP contribution in [0.1, 0.15) is 25.7 Å². The first kappa shape index (κ1) is 16.2. The summed E-state index contributed by atoms with van der Waals surface area (Å²) in [5, 5.41) is 11.4. The molecule has 0 aliphatic carbocycles. The Kier molecular flexibility index (Phi) is 6.23. The zero-order valence-corrected chi connectivity index (χ0v) is 11.5. The van der Waals surface area contributed by atoms with Gasteiger partial charge in [-0.1, -0.05) is 0 Å². The average Bonchev–Trinajstić information content (AvgIpc) is 2.42. The van der Waals surface area contributed by atoms with Crippen LogP contribution in [-0.2, 0) is 14.3 Å². The van der Waals surface area contributed by atoms with Crippen molar-refractivity contribution < 1.29 is 24.2 Å². The minimum Gasteiger partial charge on any atom is -0.480 e. The van der Waals surface area contributed by atoms with Crippen LogP contribution in [0.15, 0.2) is 0 Å². The number of carboxylic acids is 1. The number of primary amides is 1. The number of methoxy groups -OCH3 is 1. The number of carbonyl (C=O) groups excluding carboxylic acids is 2. The first-order valence-corrected chi connectivity index (χ1v) is 6.53. The Bertz CT molecular complexity index is 374. The van der Waals surface area contributed by atoms with E-state index in [1.54, 1.807) is 7.11 Å². The average molecular weight is 287 g/mol. The number of rotatable bonds is 6. The highest BCUT2D eigenvalue weighted by molar-refractivity contribution is 5.83. The summed E-state index contributed by atoms with van der Waals surface area (Å²) in [6.07, 6.45) is 1.56. The van der Waals surface area contributed by atoms with Gasteiger partial charge in [-0.2, -0.15) is 0 Å². The molecule has 2 atom stereocenters. The molecule has 1 aliphatic rings. The minimum absolute atomic E-state index is 0.0159. The number of likely N-dealkylation sites (tertiary alicyclic amines) is 1. The third kappa shape index (κ3) is 5.04. The number of nitrogens with one attached hydrogen (secondary N) is 1. The maximum Gasteiger partial charge on any atom is 0.326 e. The van der Waals surface area contributed by atoms with E-state index in [9.17, 15) is 14.4 Å². The molecular formula is C12H21N3O5. The zero-order chi connectivity index (χ0) is 15.1. The zero-order valence-electron chi connectivity index (χ0n) is 11.5. The molecule has 0 aromatic rings. The van der Waals surface area contributed by atoms with E-state index >= 15 is 0 Å². The van der Waals surface area contributed by atoms with Crippen LogP contribution in [0.3, 0.4) is 0 Å². The summed E-state index contributed by atoms with van der Waals surface area (Å²) in [7, 11) is 1.58. The molecule has 1 heterocycles. The van der Waals surface area contributed by atoms with Gasteiger partial charge in [0.25, 0.3) is 0 Å². The van der Waals surface area contributed by atoms with Crippen LogP contribution < -0.4 is 11.1 Å². The van der Waals surface area contributed by atoms with Crippen molar-refractivity contribution in [3.63, 3.8) is 0 Å². The maximum absolute atomic E-state index is 12.0. The van der Waals surface area contributed by atoms with Gasteiger partial charge in [-0.15, -0.1) is 0 Å². The van der Waals surface area contributed by atoms with E-state index in [0.717, 1.165) is 12.8 Å². The van der Waals surface area contributed by atoms with E-state index in [4.69, 9.17) is 15.6 Å². The Morgan fingerprint density at radius 1 is 1.50 bits per heavy atom. The van der Waals surface area contributed by atoms with E-state index in [-0.39, 0.29) is 18.9 Å². The number of ether oxygens (including phenoxy) is 1. The molecule has 1 saturated heterocycles. The summed E-state index contributed by atoms with van der Waals surface area (Å²) in [5.74, 6) is -1.78. The van der Waals surface area contributed by atoms with Crippen molar-refractivity contribution in [1.82, 2.24) is 10.2 Å². The van der Waals surface area contributed by atoms with Crippen LogP contribution in [0.4, 0.5) is 4.79 Å². The molecule has 114 valence electrons. The molecule has 0 spiro atoms. The number of carboxylic acid groups (broad SMARTS) is 1. The number of piperidine rings is 1. The summed E-state index contributed by atoms with van der Waals surface area (Å²) in [6, 6.07) is -1.57. The lowest BCUT2D eigenvalue weighted by Gasteiger charge is -2.32. The predicted molar refractivity (Wildman–Crippen MR) is 70.0 cm³/mol. The first-order chi connectivity index (χ1) is 9.43. The number of amides is 3. The van der Waals surface area contributed by atoms with Crippen LogP contribution in [-0.4, -0.2) is 60.3 Å². The van der Waals surface area contributed by atoms with Crippen molar-refractivity contribution in [2.24, 2.45) is 5.73 Å². The van der Waals surface area contributed by atoms with Gasteiger partial charge in [0.1, 0.15) is 6.04 Å². The van der Waals surface area contributed by atoms with Crippen molar-refractivity contribution in [2.75, 3.05) is 20.2 Å². The van der Waals surface area contributed by atoms with Gasteiger partial charge in [0.2, 0.25) is 5.91 Å². The van der Waals surface area contributed by atoms with Crippen molar-refractivity contribution in [1.29, 1.82) is 0 Å². The molecular weight excluding hydrogens is 266 g/mol. The van der Waals surface area contributed by atoms with Gasteiger partial charge >= 0.3 is 12.0 Å². The molecule has 8 heteroatoms. The van der Waals surface area contributed by atoms with Gasteiger partial charge in [-0.3, -0.25) is 4.79 Å². The monoisotopic (exact) mass is 287 g/mol. The molecule has 0 aromatic carbocycles. The van der Waals surface area contributed by atoms with E-state index in [1.807, 2.05) is 0 Å². The fraction of sp³-hybridized carbons (Fsp3) is 0.750. The number of carbonyl (C=O) groups is 3. The largest absolute Gasteiger partial charge is 0.480 e. The Labute approximate surface area is 117 Å². The Balaban J connectivity index is 2.52. The number of nitrogens with zero attached hydrogens (tertiary/aromatic N) is 1. The van der Waals surface area contributed by atoms with Crippen molar-refractivity contribution in [3.8, 4) is 0 Å². The van der Waals surface area contributed by atoms with E-state index in [0.29, 0.717) is 13.1 Å². The number of urea groups is 1. The van der Waals surface area contributed by atoms with Gasteiger partial charge < -0.3 is 25.8 Å². The quantitative estimate of drug-likeness (QED) is 0.609. The lowest BCUT2D eigenvalue weighted by molar-refractivity contribution is -0.139.